The van der Waals surface area contributed by atoms with Crippen LogP contribution in [0.5, 0.6) is 0 Å². The summed E-state index contributed by atoms with van der Waals surface area (Å²) >= 11 is 0. The maximum absolute atomic E-state index is 4.44. The van der Waals surface area contributed by atoms with Crippen LogP contribution >= 0.6 is 0 Å². The van der Waals surface area contributed by atoms with Crippen molar-refractivity contribution in [3.8, 4) is 11.3 Å². The Bertz CT molecular complexity index is 533. The minimum absolute atomic E-state index is 0.615. The van der Waals surface area contributed by atoms with Gasteiger partial charge in [-0.15, -0.1) is 0 Å². The fourth-order valence-corrected chi connectivity index (χ4v) is 2.67. The quantitative estimate of drug-likeness (QED) is 0.844. The van der Waals surface area contributed by atoms with E-state index in [4.69, 9.17) is 0 Å². The molecule has 3 heterocycles. The van der Waals surface area contributed by atoms with Gasteiger partial charge in [-0.25, -0.2) is 0 Å². The lowest BCUT2D eigenvalue weighted by molar-refractivity contribution is 0.453. The fourth-order valence-electron chi connectivity index (χ4n) is 2.67. The molecular weight excluding hydrogens is 226 g/mol. The van der Waals surface area contributed by atoms with Gasteiger partial charge in [0, 0.05) is 30.4 Å². The maximum atomic E-state index is 4.44. The van der Waals surface area contributed by atoms with E-state index in [0.29, 0.717) is 5.92 Å². The van der Waals surface area contributed by atoms with Crippen molar-refractivity contribution in [2.24, 2.45) is 7.05 Å². The Balaban J connectivity index is 1.86. The number of rotatable bonds is 2. The van der Waals surface area contributed by atoms with Crippen LogP contribution in [0.2, 0.25) is 0 Å². The van der Waals surface area contributed by atoms with Crippen molar-refractivity contribution < 1.29 is 0 Å². The van der Waals surface area contributed by atoms with Gasteiger partial charge < -0.3 is 5.32 Å². The number of nitrogens with zero attached hydrogens (tertiary/aromatic N) is 3. The van der Waals surface area contributed by atoms with Gasteiger partial charge in [0.2, 0.25) is 0 Å². The average molecular weight is 245 g/mol. The molecule has 0 bridgehead atoms. The second-order valence-corrected chi connectivity index (χ2v) is 5.03. The third-order valence-electron chi connectivity index (χ3n) is 3.67. The summed E-state index contributed by atoms with van der Waals surface area (Å²) in [5, 5.41) is 15.4. The van der Waals surface area contributed by atoms with Crippen LogP contribution in [0.3, 0.4) is 0 Å². The van der Waals surface area contributed by atoms with Crippen molar-refractivity contribution in [3.63, 3.8) is 0 Å². The molecule has 1 aliphatic heterocycles. The van der Waals surface area contributed by atoms with Crippen LogP contribution in [0.25, 0.3) is 11.3 Å². The van der Waals surface area contributed by atoms with Crippen molar-refractivity contribution in [2.75, 3.05) is 13.1 Å². The van der Waals surface area contributed by atoms with Crippen LogP contribution in [0, 0.1) is 6.92 Å². The molecule has 1 saturated heterocycles. The summed E-state index contributed by atoms with van der Waals surface area (Å²) in [6.07, 6.45) is 4.40. The average Bonchev–Trinajstić information content (AvgIpc) is 2.97. The molecule has 0 unspecified atom stereocenters. The topological polar surface area (TPSA) is 58.5 Å². The van der Waals surface area contributed by atoms with Crippen molar-refractivity contribution >= 4 is 0 Å². The second kappa shape index (κ2) is 4.57. The largest absolute Gasteiger partial charge is 0.317 e. The van der Waals surface area contributed by atoms with Crippen LogP contribution in [0.15, 0.2) is 12.3 Å². The molecule has 5 heteroatoms. The molecule has 5 nitrogen and oxygen atoms in total. The summed E-state index contributed by atoms with van der Waals surface area (Å²) in [6.45, 7) is 4.23. The number of hydrogen-bond donors (Lipinski definition) is 2. The summed E-state index contributed by atoms with van der Waals surface area (Å²) < 4.78 is 1.84. The van der Waals surface area contributed by atoms with Crippen LogP contribution in [0.1, 0.15) is 30.1 Å². The van der Waals surface area contributed by atoms with Crippen LogP contribution in [-0.2, 0) is 7.05 Å². The van der Waals surface area contributed by atoms with E-state index >= 15 is 0 Å². The van der Waals surface area contributed by atoms with E-state index in [0.717, 1.165) is 30.0 Å². The number of aromatic amines is 1. The molecule has 0 aliphatic carbocycles. The SMILES string of the molecule is Cc1nn(C)cc1-c1cc(C2CCNCC2)[nH]n1. The zero-order valence-corrected chi connectivity index (χ0v) is 10.9. The highest BCUT2D eigenvalue weighted by Gasteiger charge is 2.18. The van der Waals surface area contributed by atoms with E-state index in [-0.39, 0.29) is 0 Å². The Morgan fingerprint density at radius 1 is 1.33 bits per heavy atom. The zero-order valence-electron chi connectivity index (χ0n) is 10.9. The predicted octanol–water partition coefficient (Wildman–Crippen LogP) is 1.59. The first-order chi connectivity index (χ1) is 8.74. The number of nitrogens with one attached hydrogen (secondary N) is 2. The van der Waals surface area contributed by atoms with Gasteiger partial charge in [-0.1, -0.05) is 0 Å². The Labute approximate surface area is 107 Å². The maximum Gasteiger partial charge on any atom is 0.0957 e. The van der Waals surface area contributed by atoms with Gasteiger partial charge in [0.1, 0.15) is 0 Å². The highest BCUT2D eigenvalue weighted by atomic mass is 15.3. The molecule has 0 spiro atoms. The van der Waals surface area contributed by atoms with Crippen LogP contribution < -0.4 is 5.32 Å². The first kappa shape index (κ1) is 11.5. The minimum Gasteiger partial charge on any atom is -0.317 e. The molecule has 3 rings (SSSR count). The van der Waals surface area contributed by atoms with Crippen LogP contribution in [0.4, 0.5) is 0 Å². The summed E-state index contributed by atoms with van der Waals surface area (Å²) in [5.74, 6) is 0.615. The van der Waals surface area contributed by atoms with Crippen molar-refractivity contribution in [1.29, 1.82) is 0 Å². The number of H-pyrrole nitrogens is 1. The summed E-state index contributed by atoms with van der Waals surface area (Å²) in [4.78, 5) is 0. The summed E-state index contributed by atoms with van der Waals surface area (Å²) in [5.41, 5.74) is 4.42. The molecular formula is C13H19N5. The summed E-state index contributed by atoms with van der Waals surface area (Å²) in [6, 6.07) is 2.18. The van der Waals surface area contributed by atoms with Gasteiger partial charge in [-0.2, -0.15) is 10.2 Å². The highest BCUT2D eigenvalue weighted by molar-refractivity contribution is 5.61. The molecule has 18 heavy (non-hydrogen) atoms. The van der Waals surface area contributed by atoms with E-state index in [1.54, 1.807) is 0 Å². The first-order valence-corrected chi connectivity index (χ1v) is 6.50. The predicted molar refractivity (Wildman–Crippen MR) is 70.4 cm³/mol. The van der Waals surface area contributed by atoms with Crippen molar-refractivity contribution in [3.05, 3.63) is 23.7 Å². The molecule has 2 aromatic heterocycles. The van der Waals surface area contributed by atoms with Crippen molar-refractivity contribution in [1.82, 2.24) is 25.3 Å². The van der Waals surface area contributed by atoms with E-state index in [2.05, 4.69) is 26.7 Å². The van der Waals surface area contributed by atoms with Gasteiger partial charge in [-0.05, 0) is 38.9 Å². The molecule has 0 radical (unpaired) electrons. The Hall–Kier alpha value is -1.62. The molecule has 0 saturated carbocycles. The lowest BCUT2D eigenvalue weighted by Gasteiger charge is -2.20. The fraction of sp³-hybridized carbons (Fsp3) is 0.538. The number of piperidine rings is 1. The molecule has 0 atom stereocenters. The molecule has 2 N–H and O–H groups in total. The van der Waals surface area contributed by atoms with Gasteiger partial charge in [-0.3, -0.25) is 9.78 Å². The standard InChI is InChI=1S/C13H19N5/c1-9-11(8-18(2)17-9)13-7-12(15-16-13)10-3-5-14-6-4-10/h7-8,10,14H,3-6H2,1-2H3,(H,15,16). The molecule has 2 aromatic rings. The monoisotopic (exact) mass is 245 g/mol. The third-order valence-corrected chi connectivity index (χ3v) is 3.67. The second-order valence-electron chi connectivity index (χ2n) is 5.03. The van der Waals surface area contributed by atoms with Gasteiger partial charge in [0.25, 0.3) is 0 Å². The van der Waals surface area contributed by atoms with E-state index in [1.165, 1.54) is 18.5 Å². The third kappa shape index (κ3) is 2.06. The highest BCUT2D eigenvalue weighted by Crippen LogP contribution is 2.27. The smallest absolute Gasteiger partial charge is 0.0957 e. The number of aryl methyl sites for hydroxylation is 2. The first-order valence-electron chi connectivity index (χ1n) is 6.50. The molecule has 1 aliphatic rings. The number of aromatic nitrogens is 4. The minimum atomic E-state index is 0.615. The van der Waals surface area contributed by atoms with Gasteiger partial charge in [0.15, 0.2) is 0 Å². The Morgan fingerprint density at radius 2 is 2.11 bits per heavy atom. The van der Waals surface area contributed by atoms with E-state index in [1.807, 2.05) is 24.9 Å². The molecule has 0 amide bonds. The van der Waals surface area contributed by atoms with Gasteiger partial charge >= 0.3 is 0 Å². The van der Waals surface area contributed by atoms with Crippen LogP contribution in [-0.4, -0.2) is 33.1 Å². The van der Waals surface area contributed by atoms with E-state index in [9.17, 15) is 0 Å². The Kier molecular flexibility index (Phi) is 2.91. The normalized spacial score (nSPS) is 17.2. The lowest BCUT2D eigenvalue weighted by atomic mass is 9.94. The molecule has 0 aromatic carbocycles. The zero-order chi connectivity index (χ0) is 12.5. The molecule has 96 valence electrons. The van der Waals surface area contributed by atoms with E-state index < -0.39 is 0 Å². The number of hydrogen-bond acceptors (Lipinski definition) is 3. The van der Waals surface area contributed by atoms with Crippen molar-refractivity contribution in [2.45, 2.75) is 25.7 Å². The molecule has 1 fully saturated rings. The summed E-state index contributed by atoms with van der Waals surface area (Å²) in [7, 11) is 1.94. The lowest BCUT2D eigenvalue weighted by Crippen LogP contribution is -2.26. The Morgan fingerprint density at radius 3 is 2.78 bits per heavy atom. The van der Waals surface area contributed by atoms with Gasteiger partial charge in [0.05, 0.1) is 11.4 Å².